The van der Waals surface area contributed by atoms with Gasteiger partial charge in [0.1, 0.15) is 6.04 Å². The molecule has 1 heterocycles. The maximum absolute atomic E-state index is 11.4. The Morgan fingerprint density at radius 3 is 2.43 bits per heavy atom. The molecule has 0 fully saturated rings. The molecule has 9 nitrogen and oxygen atoms in total. The first-order chi connectivity index (χ1) is 10.5. The summed E-state index contributed by atoms with van der Waals surface area (Å²) < 4.78 is 0.267. The quantitative estimate of drug-likeness (QED) is 0.281. The van der Waals surface area contributed by atoms with Crippen molar-refractivity contribution >= 4 is 23.7 Å². The van der Waals surface area contributed by atoms with Crippen LogP contribution in [0.15, 0.2) is 11.4 Å². The fourth-order valence-corrected chi connectivity index (χ4v) is 2.72. The number of aromatic nitrogens is 2. The zero-order valence-corrected chi connectivity index (χ0v) is 14.1. The second-order valence-corrected chi connectivity index (χ2v) is 7.14. The van der Waals surface area contributed by atoms with Crippen molar-refractivity contribution in [3.63, 3.8) is 0 Å². The number of aromatic amines is 1. The van der Waals surface area contributed by atoms with Gasteiger partial charge in [-0.1, -0.05) is 11.8 Å². The number of quaternary nitrogens is 1. The molecule has 0 aliphatic rings. The number of aliphatic carboxylic acids is 2. The van der Waals surface area contributed by atoms with Crippen LogP contribution in [0.25, 0.3) is 0 Å². The Hall–Kier alpha value is -1.62. The molecule has 23 heavy (non-hydrogen) atoms. The highest BCUT2D eigenvalue weighted by Crippen LogP contribution is 2.18. The number of H-pyrrole nitrogens is 1. The molecular formula is C13H23N4O5S+. The number of nitrogens with two attached hydrogens (primary N) is 1. The molecule has 6 N–H and O–H groups in total. The number of carboxylic acid groups (broad SMARTS) is 2. The largest absolute Gasteiger partial charge is 0.480 e. The van der Waals surface area contributed by atoms with Crippen molar-refractivity contribution in [1.82, 2.24) is 9.97 Å². The smallest absolute Gasteiger partial charge is 0.362 e. The average molecular weight is 347 g/mol. The van der Waals surface area contributed by atoms with Gasteiger partial charge in [-0.2, -0.15) is 0 Å². The summed E-state index contributed by atoms with van der Waals surface area (Å²) >= 11 is 1.13. The summed E-state index contributed by atoms with van der Waals surface area (Å²) in [6.07, 6.45) is 0.616. The molecule has 0 amide bonds. The number of carbonyl (C=O) groups is 2. The van der Waals surface area contributed by atoms with Crippen LogP contribution >= 0.6 is 11.8 Å². The minimum atomic E-state index is -1.36. The van der Waals surface area contributed by atoms with E-state index in [4.69, 9.17) is 10.8 Å². The number of likely N-dealkylation sites (N-methyl/N-ethyl adjacent to an activating group) is 1. The zero-order chi connectivity index (χ0) is 17.8. The number of hydrogen-bond acceptors (Lipinski definition) is 6. The summed E-state index contributed by atoms with van der Waals surface area (Å²) in [4.78, 5) is 29.1. The average Bonchev–Trinajstić information content (AvgIpc) is 2.87. The lowest BCUT2D eigenvalue weighted by molar-refractivity contribution is -0.887. The van der Waals surface area contributed by atoms with E-state index in [-0.39, 0.29) is 16.7 Å². The number of imidazole rings is 1. The number of hydrogen-bond donors (Lipinski definition) is 5. The van der Waals surface area contributed by atoms with Gasteiger partial charge in [0.25, 0.3) is 0 Å². The van der Waals surface area contributed by atoms with E-state index in [2.05, 4.69) is 9.97 Å². The van der Waals surface area contributed by atoms with Gasteiger partial charge in [-0.25, -0.2) is 9.78 Å². The first kappa shape index (κ1) is 19.4. The van der Waals surface area contributed by atoms with Crippen LogP contribution in [0.4, 0.5) is 0 Å². The topological polar surface area (TPSA) is 150 Å². The van der Waals surface area contributed by atoms with Crippen molar-refractivity contribution in [3.05, 3.63) is 11.9 Å². The van der Waals surface area contributed by atoms with Gasteiger partial charge in [0, 0.05) is 17.6 Å². The minimum absolute atomic E-state index is 0.0676. The molecule has 1 aromatic rings. The summed E-state index contributed by atoms with van der Waals surface area (Å²) in [5, 5.41) is 28.1. The fraction of sp³-hybridized carbons (Fsp3) is 0.615. The molecule has 130 valence electrons. The highest BCUT2D eigenvalue weighted by molar-refractivity contribution is 7.99. The summed E-state index contributed by atoms with van der Waals surface area (Å²) in [6, 6.07) is -1.98. The third-order valence-electron chi connectivity index (χ3n) is 3.33. The van der Waals surface area contributed by atoms with Crippen molar-refractivity contribution in [1.29, 1.82) is 0 Å². The molecule has 0 aliphatic heterocycles. The molecule has 0 unspecified atom stereocenters. The van der Waals surface area contributed by atoms with Crippen LogP contribution in [0.5, 0.6) is 0 Å². The second-order valence-electron chi connectivity index (χ2n) is 6.13. The molecule has 0 saturated heterocycles. The Kier molecular flexibility index (Phi) is 6.57. The summed E-state index contributed by atoms with van der Waals surface area (Å²) in [5.74, 6) is -2.10. The lowest BCUT2D eigenvalue weighted by Crippen LogP contribution is -2.51. The van der Waals surface area contributed by atoms with Gasteiger partial charge in [0.05, 0.1) is 33.7 Å². The SMILES string of the molecule is C[N+](C)(C)[C@@H](Cc1cnc(SC[C@@H](O)[C@H](N)C(=O)O)[nH]1)C(=O)O. The van der Waals surface area contributed by atoms with E-state index in [0.717, 1.165) is 11.8 Å². The van der Waals surface area contributed by atoms with Gasteiger partial charge < -0.3 is 30.5 Å². The lowest BCUT2D eigenvalue weighted by atomic mass is 10.1. The van der Waals surface area contributed by atoms with Crippen LogP contribution < -0.4 is 5.73 Å². The maximum atomic E-state index is 11.4. The van der Waals surface area contributed by atoms with E-state index < -0.39 is 30.1 Å². The molecule has 0 bridgehead atoms. The van der Waals surface area contributed by atoms with Crippen LogP contribution in [-0.4, -0.2) is 86.8 Å². The lowest BCUT2D eigenvalue weighted by Gasteiger charge is -2.30. The molecule has 10 heteroatoms. The second kappa shape index (κ2) is 7.77. The molecule has 0 radical (unpaired) electrons. The number of nitrogens with zero attached hydrogens (tertiary/aromatic N) is 2. The number of aliphatic hydroxyl groups is 1. The van der Waals surface area contributed by atoms with E-state index in [9.17, 15) is 19.8 Å². The predicted octanol–water partition coefficient (Wildman–Crippen LogP) is -1.02. The molecule has 0 aliphatic carbocycles. The Bertz CT molecular complexity index is 557. The van der Waals surface area contributed by atoms with Crippen molar-refractivity contribution < 1.29 is 29.4 Å². The van der Waals surface area contributed by atoms with Gasteiger partial charge in [-0.15, -0.1) is 0 Å². The number of nitrogens with one attached hydrogen (secondary N) is 1. The molecule has 1 rings (SSSR count). The van der Waals surface area contributed by atoms with E-state index in [1.165, 1.54) is 6.20 Å². The van der Waals surface area contributed by atoms with Gasteiger partial charge in [-0.3, -0.25) is 4.79 Å². The van der Waals surface area contributed by atoms with Gasteiger partial charge in [0.15, 0.2) is 11.2 Å². The van der Waals surface area contributed by atoms with E-state index in [1.807, 2.05) is 0 Å². The van der Waals surface area contributed by atoms with Crippen LogP contribution in [0.1, 0.15) is 5.69 Å². The number of aliphatic hydroxyl groups excluding tert-OH is 1. The molecule has 3 atom stereocenters. The van der Waals surface area contributed by atoms with Gasteiger partial charge in [-0.05, 0) is 0 Å². The standard InChI is InChI=1S/C13H22N4O5S/c1-17(2,3)8(11(19)20)4-7-5-15-13(16-7)23-6-9(18)10(14)12(21)22/h5,8-10,18H,4,6,14H2,1-3H3,(H2-,15,16,19,20,21,22)/p+1/t8-,9+,10-/m0/s1. The van der Waals surface area contributed by atoms with Crippen molar-refractivity contribution in [2.75, 3.05) is 26.9 Å². The first-order valence-corrected chi connectivity index (χ1v) is 7.88. The summed E-state index contributed by atoms with van der Waals surface area (Å²) in [6.45, 7) is 0. The molecule has 0 aromatic carbocycles. The van der Waals surface area contributed by atoms with Crippen molar-refractivity contribution in [3.8, 4) is 0 Å². The van der Waals surface area contributed by atoms with Gasteiger partial charge >= 0.3 is 11.9 Å². The number of thioether (sulfide) groups is 1. The van der Waals surface area contributed by atoms with Gasteiger partial charge in [0.2, 0.25) is 0 Å². The van der Waals surface area contributed by atoms with Crippen molar-refractivity contribution in [2.24, 2.45) is 5.73 Å². The zero-order valence-electron chi connectivity index (χ0n) is 13.3. The Morgan fingerprint density at radius 2 is 1.96 bits per heavy atom. The normalized spacial score (nSPS) is 15.9. The first-order valence-electron chi connectivity index (χ1n) is 6.89. The number of rotatable bonds is 9. The summed E-state index contributed by atoms with van der Waals surface area (Å²) in [7, 11) is 5.40. The van der Waals surface area contributed by atoms with Crippen LogP contribution in [0.2, 0.25) is 0 Å². The molecular weight excluding hydrogens is 324 g/mol. The molecule has 1 aromatic heterocycles. The fourth-order valence-electron chi connectivity index (χ4n) is 1.85. The Labute approximate surface area is 138 Å². The third-order valence-corrected chi connectivity index (χ3v) is 4.32. The van der Waals surface area contributed by atoms with Crippen LogP contribution in [0, 0.1) is 0 Å². The Balaban J connectivity index is 2.64. The predicted molar refractivity (Wildman–Crippen MR) is 84.1 cm³/mol. The highest BCUT2D eigenvalue weighted by atomic mass is 32.2. The molecule has 0 saturated carbocycles. The number of carboxylic acids is 2. The van der Waals surface area contributed by atoms with E-state index in [0.29, 0.717) is 10.9 Å². The van der Waals surface area contributed by atoms with E-state index >= 15 is 0 Å². The Morgan fingerprint density at radius 1 is 1.35 bits per heavy atom. The minimum Gasteiger partial charge on any atom is -0.480 e. The van der Waals surface area contributed by atoms with Crippen LogP contribution in [0.3, 0.4) is 0 Å². The van der Waals surface area contributed by atoms with Crippen molar-refractivity contribution in [2.45, 2.75) is 29.8 Å². The molecule has 0 spiro atoms. The highest BCUT2D eigenvalue weighted by Gasteiger charge is 2.32. The monoisotopic (exact) mass is 347 g/mol. The summed E-state index contributed by atoms with van der Waals surface area (Å²) in [5.41, 5.74) is 5.97. The van der Waals surface area contributed by atoms with Crippen LogP contribution in [-0.2, 0) is 16.0 Å². The third kappa shape index (κ3) is 5.82. The maximum Gasteiger partial charge on any atom is 0.362 e. The van der Waals surface area contributed by atoms with E-state index in [1.54, 1.807) is 21.1 Å².